The van der Waals surface area contributed by atoms with Gasteiger partial charge in [0.05, 0.1) is 39.1 Å². The molecular weight excluding hydrogens is 557 g/mol. The summed E-state index contributed by atoms with van der Waals surface area (Å²) in [4.78, 5) is 21.9. The van der Waals surface area contributed by atoms with Crippen molar-refractivity contribution in [3.8, 4) is 11.1 Å². The van der Waals surface area contributed by atoms with Gasteiger partial charge in [0.25, 0.3) is 5.91 Å². The first-order valence-corrected chi connectivity index (χ1v) is 13.7. The number of hydrogen-bond donors (Lipinski definition) is 2. The van der Waals surface area contributed by atoms with Gasteiger partial charge in [0.15, 0.2) is 9.84 Å². The summed E-state index contributed by atoms with van der Waals surface area (Å²) < 4.78 is 67.7. The smallest absolute Gasteiger partial charge is 0.323 e. The first-order chi connectivity index (χ1) is 19.6. The Morgan fingerprint density at radius 2 is 1.61 bits per heavy atom. The van der Waals surface area contributed by atoms with E-state index in [4.69, 9.17) is 0 Å². The third kappa shape index (κ3) is 5.74. The Kier molecular flexibility index (Phi) is 7.43. The number of hydroxylamine groups is 1. The minimum atomic E-state index is -4.66. The second-order valence-corrected chi connectivity index (χ2v) is 10.9. The average molecular weight is 579 g/mol. The molecule has 8 nitrogen and oxygen atoms in total. The molecule has 0 saturated heterocycles. The highest BCUT2D eigenvalue weighted by molar-refractivity contribution is 7.91. The monoisotopic (exact) mass is 578 g/mol. The number of nitrogens with zero attached hydrogens (tertiary/aromatic N) is 3. The first-order valence-electron chi connectivity index (χ1n) is 12.1. The lowest BCUT2D eigenvalue weighted by Gasteiger charge is -2.27. The highest BCUT2D eigenvalue weighted by atomic mass is 32.2. The highest BCUT2D eigenvalue weighted by Gasteiger charge is 2.32. The topological polar surface area (TPSA) is 112 Å². The fourth-order valence-electron chi connectivity index (χ4n) is 4.38. The molecule has 0 aliphatic rings. The fraction of sp³-hybridized carbons (Fsp3) is 0.0690. The van der Waals surface area contributed by atoms with Crippen molar-refractivity contribution in [1.29, 1.82) is 0 Å². The first kappa shape index (κ1) is 27.7. The molecule has 0 aliphatic heterocycles. The molecule has 1 amide bonds. The summed E-state index contributed by atoms with van der Waals surface area (Å²) in [6.07, 6.45) is -0.866. The molecule has 208 valence electrons. The van der Waals surface area contributed by atoms with Gasteiger partial charge in [-0.15, -0.1) is 0 Å². The van der Waals surface area contributed by atoms with E-state index in [0.717, 1.165) is 35.5 Å². The van der Waals surface area contributed by atoms with Crippen molar-refractivity contribution in [2.24, 2.45) is 0 Å². The van der Waals surface area contributed by atoms with E-state index in [2.05, 4.69) is 9.97 Å². The number of amides is 1. The number of nitrogens with one attached hydrogen (secondary N) is 1. The predicted octanol–water partition coefficient (Wildman–Crippen LogP) is 6.00. The van der Waals surface area contributed by atoms with Crippen LogP contribution in [-0.4, -0.2) is 35.4 Å². The van der Waals surface area contributed by atoms with Gasteiger partial charge in [-0.3, -0.25) is 20.0 Å². The summed E-state index contributed by atoms with van der Waals surface area (Å²) in [5.41, 5.74) is 1.98. The van der Waals surface area contributed by atoms with Crippen LogP contribution in [0.25, 0.3) is 22.0 Å². The summed E-state index contributed by atoms with van der Waals surface area (Å²) in [5.74, 6) is -1.75. The molecule has 0 unspecified atom stereocenters. The van der Waals surface area contributed by atoms with Crippen LogP contribution in [0.5, 0.6) is 0 Å². The molecule has 5 aromatic rings. The van der Waals surface area contributed by atoms with Crippen molar-refractivity contribution >= 4 is 38.0 Å². The van der Waals surface area contributed by atoms with Crippen LogP contribution in [0.15, 0.2) is 108 Å². The van der Waals surface area contributed by atoms with Crippen LogP contribution in [0, 0.1) is 0 Å². The van der Waals surface area contributed by atoms with E-state index >= 15 is 0 Å². The number of hydrogen-bond acceptors (Lipinski definition) is 7. The molecule has 2 N–H and O–H groups in total. The Morgan fingerprint density at radius 3 is 2.24 bits per heavy atom. The number of sulfone groups is 1. The van der Waals surface area contributed by atoms with Gasteiger partial charge in [0, 0.05) is 17.8 Å². The quantitative estimate of drug-likeness (QED) is 0.180. The number of benzene rings is 3. The molecule has 0 bridgehead atoms. The van der Waals surface area contributed by atoms with E-state index in [0.29, 0.717) is 0 Å². The molecule has 0 aliphatic carbocycles. The number of halogens is 3. The molecule has 2 heterocycles. The second kappa shape index (κ2) is 11.0. The van der Waals surface area contributed by atoms with Gasteiger partial charge >= 0.3 is 6.18 Å². The molecule has 0 fully saturated rings. The Bertz CT molecular complexity index is 1820. The number of rotatable bonds is 7. The van der Waals surface area contributed by atoms with E-state index in [1.807, 2.05) is 30.3 Å². The van der Waals surface area contributed by atoms with Crippen LogP contribution in [0.3, 0.4) is 0 Å². The van der Waals surface area contributed by atoms with Crippen molar-refractivity contribution in [3.05, 3.63) is 115 Å². The zero-order chi connectivity index (χ0) is 29.2. The average Bonchev–Trinajstić information content (AvgIpc) is 2.99. The Morgan fingerprint density at radius 1 is 0.902 bits per heavy atom. The Hall–Kier alpha value is -4.81. The van der Waals surface area contributed by atoms with Crippen LogP contribution in [0.4, 0.5) is 24.5 Å². The van der Waals surface area contributed by atoms with Crippen LogP contribution in [0.2, 0.25) is 0 Å². The molecule has 41 heavy (non-hydrogen) atoms. The van der Waals surface area contributed by atoms with Gasteiger partial charge in [-0.2, -0.15) is 13.2 Å². The molecule has 0 radical (unpaired) electrons. The van der Waals surface area contributed by atoms with Gasteiger partial charge < -0.3 is 4.90 Å². The maximum atomic E-state index is 13.7. The maximum Gasteiger partial charge on any atom is 0.416 e. The number of alkyl halides is 3. The Balaban J connectivity index is 1.66. The summed E-state index contributed by atoms with van der Waals surface area (Å²) in [7, 11) is -4.10. The summed E-state index contributed by atoms with van der Waals surface area (Å²) in [6, 6.07) is 21.4. The molecular formula is C29H21F3N4O4S. The predicted molar refractivity (Wildman–Crippen MR) is 146 cm³/mol. The molecule has 12 heteroatoms. The van der Waals surface area contributed by atoms with Gasteiger partial charge in [0.1, 0.15) is 5.88 Å². The normalized spacial score (nSPS) is 11.8. The van der Waals surface area contributed by atoms with E-state index in [-0.39, 0.29) is 32.7 Å². The number of fused-ring (bicyclic) bond motifs is 1. The number of anilines is 2. The number of carbonyl (C=O) groups excluding carboxylic acids is 1. The summed E-state index contributed by atoms with van der Waals surface area (Å²) in [6.45, 7) is 0. The molecule has 2 aromatic heterocycles. The van der Waals surface area contributed by atoms with Gasteiger partial charge in [-0.1, -0.05) is 48.5 Å². The highest BCUT2D eigenvalue weighted by Crippen LogP contribution is 2.38. The SMILES string of the molecule is O=C(NO)c1cnc2cc(C(F)(F)F)ccc2c1N(CS(=O)(=O)c1ccc(-c2ccccc2)cc1)c1cccnc1. The van der Waals surface area contributed by atoms with Crippen LogP contribution in [0.1, 0.15) is 15.9 Å². The molecule has 0 saturated carbocycles. The van der Waals surface area contributed by atoms with E-state index in [9.17, 15) is 31.6 Å². The van der Waals surface area contributed by atoms with E-state index in [1.54, 1.807) is 18.2 Å². The standard InChI is InChI=1S/C29H21F3N4O4S/c30-29(31,32)21-10-13-24-26(15-21)34-17-25(28(37)35-38)27(24)36(22-7-4-14-33-16-22)18-41(39,40)23-11-8-20(9-12-23)19-5-2-1-3-6-19/h1-17,38H,18H2,(H,35,37). The van der Waals surface area contributed by atoms with Crippen molar-refractivity contribution in [1.82, 2.24) is 15.4 Å². The second-order valence-electron chi connectivity index (χ2n) is 8.96. The van der Waals surface area contributed by atoms with Crippen molar-refractivity contribution in [2.45, 2.75) is 11.1 Å². The molecule has 5 rings (SSSR count). The van der Waals surface area contributed by atoms with Crippen LogP contribution < -0.4 is 10.4 Å². The van der Waals surface area contributed by atoms with Crippen molar-refractivity contribution in [3.63, 3.8) is 0 Å². The minimum absolute atomic E-state index is 0.0167. The van der Waals surface area contributed by atoms with Crippen molar-refractivity contribution in [2.75, 3.05) is 10.8 Å². The van der Waals surface area contributed by atoms with E-state index < -0.39 is 33.4 Å². The Labute approximate surface area is 232 Å². The van der Waals surface area contributed by atoms with Crippen molar-refractivity contribution < 1.29 is 31.6 Å². The largest absolute Gasteiger partial charge is 0.416 e. The fourth-order valence-corrected chi connectivity index (χ4v) is 5.70. The molecule has 3 aromatic carbocycles. The van der Waals surface area contributed by atoms with Gasteiger partial charge in [0.2, 0.25) is 0 Å². The number of carbonyl (C=O) groups is 1. The summed E-state index contributed by atoms with van der Waals surface area (Å²) in [5, 5.41) is 9.45. The maximum absolute atomic E-state index is 13.7. The number of pyridine rings is 2. The van der Waals surface area contributed by atoms with E-state index in [1.165, 1.54) is 41.0 Å². The molecule has 0 atom stereocenters. The van der Waals surface area contributed by atoms with Gasteiger partial charge in [-0.05, 0) is 47.5 Å². The molecule has 0 spiro atoms. The third-order valence-corrected chi connectivity index (χ3v) is 7.95. The van der Waals surface area contributed by atoms with Gasteiger partial charge in [-0.25, -0.2) is 13.9 Å². The lowest BCUT2D eigenvalue weighted by molar-refractivity contribution is -0.137. The zero-order valence-corrected chi connectivity index (χ0v) is 21.9. The third-order valence-electron chi connectivity index (χ3n) is 6.36. The number of aromatic nitrogens is 2. The van der Waals surface area contributed by atoms with Crippen LogP contribution in [-0.2, 0) is 16.0 Å². The lowest BCUT2D eigenvalue weighted by atomic mass is 10.0. The summed E-state index contributed by atoms with van der Waals surface area (Å²) >= 11 is 0. The van der Waals surface area contributed by atoms with Crippen LogP contribution >= 0.6 is 0 Å². The minimum Gasteiger partial charge on any atom is -0.323 e. The lowest BCUT2D eigenvalue weighted by Crippen LogP contribution is -2.29. The zero-order valence-electron chi connectivity index (χ0n) is 21.1.